The highest BCUT2D eigenvalue weighted by molar-refractivity contribution is 5.49. The summed E-state index contributed by atoms with van der Waals surface area (Å²) in [6, 6.07) is 3.09. The van der Waals surface area contributed by atoms with E-state index in [9.17, 15) is 13.6 Å². The number of halogens is 2. The molecule has 1 saturated heterocycles. The summed E-state index contributed by atoms with van der Waals surface area (Å²) in [5, 5.41) is 0. The fourth-order valence-corrected chi connectivity index (χ4v) is 2.36. The van der Waals surface area contributed by atoms with E-state index >= 15 is 0 Å². The number of carbonyl (C=O) groups excluding carboxylic acids is 1. The molecule has 0 bridgehead atoms. The quantitative estimate of drug-likeness (QED) is 0.726. The Morgan fingerprint density at radius 3 is 2.82 bits per heavy atom. The third kappa shape index (κ3) is 2.62. The van der Waals surface area contributed by atoms with Crippen LogP contribution in [0.2, 0.25) is 0 Å². The molecule has 2 rings (SSSR count). The van der Waals surface area contributed by atoms with Gasteiger partial charge < -0.3 is 4.90 Å². The first-order chi connectivity index (χ1) is 8.22. The van der Waals surface area contributed by atoms with Crippen molar-refractivity contribution in [3.05, 3.63) is 35.4 Å². The van der Waals surface area contributed by atoms with Crippen LogP contribution < -0.4 is 0 Å². The Bertz CT molecular complexity index is 408. The lowest BCUT2D eigenvalue weighted by Crippen LogP contribution is -2.27. The summed E-state index contributed by atoms with van der Waals surface area (Å²) in [5.41, 5.74) is 0.291. The maximum Gasteiger partial charge on any atom is 0.210 e. The second-order valence-electron chi connectivity index (χ2n) is 4.37. The van der Waals surface area contributed by atoms with Crippen LogP contribution in [0.1, 0.15) is 37.3 Å². The van der Waals surface area contributed by atoms with Gasteiger partial charge in [-0.1, -0.05) is 12.8 Å². The number of carbonyl (C=O) groups is 1. The molecule has 0 spiro atoms. The van der Waals surface area contributed by atoms with Gasteiger partial charge in [-0.3, -0.25) is 4.79 Å². The van der Waals surface area contributed by atoms with E-state index in [1.165, 1.54) is 6.07 Å². The third-order valence-electron chi connectivity index (χ3n) is 3.25. The van der Waals surface area contributed by atoms with Crippen molar-refractivity contribution in [1.82, 2.24) is 4.90 Å². The summed E-state index contributed by atoms with van der Waals surface area (Å²) in [6.07, 6.45) is 4.31. The van der Waals surface area contributed by atoms with Crippen LogP contribution in [0.3, 0.4) is 0 Å². The maximum absolute atomic E-state index is 13.7. The molecule has 1 amide bonds. The minimum absolute atomic E-state index is 0.291. The number of nitrogens with zero attached hydrogens (tertiary/aromatic N) is 1. The lowest BCUT2D eigenvalue weighted by atomic mass is 10.0. The van der Waals surface area contributed by atoms with Crippen LogP contribution in [-0.2, 0) is 4.79 Å². The average Bonchev–Trinajstić information content (AvgIpc) is 2.57. The molecule has 1 unspecified atom stereocenters. The van der Waals surface area contributed by atoms with Crippen LogP contribution >= 0.6 is 0 Å². The van der Waals surface area contributed by atoms with Gasteiger partial charge in [0.05, 0.1) is 6.04 Å². The van der Waals surface area contributed by atoms with Gasteiger partial charge >= 0.3 is 0 Å². The van der Waals surface area contributed by atoms with Crippen LogP contribution in [0.5, 0.6) is 0 Å². The van der Waals surface area contributed by atoms with E-state index in [1.807, 2.05) is 0 Å². The smallest absolute Gasteiger partial charge is 0.210 e. The van der Waals surface area contributed by atoms with Crippen molar-refractivity contribution < 1.29 is 13.6 Å². The summed E-state index contributed by atoms with van der Waals surface area (Å²) >= 11 is 0. The number of rotatable bonds is 2. The van der Waals surface area contributed by atoms with Crippen molar-refractivity contribution in [2.75, 3.05) is 6.54 Å². The second kappa shape index (κ2) is 5.25. The first-order valence-electron chi connectivity index (χ1n) is 5.88. The molecule has 0 aliphatic carbocycles. The van der Waals surface area contributed by atoms with E-state index in [-0.39, 0.29) is 6.04 Å². The van der Waals surface area contributed by atoms with Gasteiger partial charge in [0, 0.05) is 12.1 Å². The van der Waals surface area contributed by atoms with Crippen molar-refractivity contribution in [2.24, 2.45) is 0 Å². The zero-order chi connectivity index (χ0) is 12.3. The fourth-order valence-electron chi connectivity index (χ4n) is 2.36. The number of hydrogen-bond donors (Lipinski definition) is 0. The standard InChI is InChI=1S/C13H15F2NO/c14-10-5-6-12(15)11(8-10)13-4-2-1-3-7-16(13)9-17/h5-6,8-9,13H,1-4,7H2. The fraction of sp³-hybridized carbons (Fsp3) is 0.462. The van der Waals surface area contributed by atoms with E-state index < -0.39 is 11.6 Å². The Morgan fingerprint density at radius 2 is 2.06 bits per heavy atom. The molecule has 0 N–H and O–H groups in total. The predicted octanol–water partition coefficient (Wildman–Crippen LogP) is 3.04. The van der Waals surface area contributed by atoms with Crippen molar-refractivity contribution in [3.8, 4) is 0 Å². The SMILES string of the molecule is O=CN1CCCCCC1c1cc(F)ccc1F. The molecule has 2 nitrogen and oxygen atoms in total. The van der Waals surface area contributed by atoms with Gasteiger partial charge in [-0.15, -0.1) is 0 Å². The van der Waals surface area contributed by atoms with E-state index in [0.717, 1.165) is 37.8 Å². The van der Waals surface area contributed by atoms with Crippen molar-refractivity contribution >= 4 is 6.41 Å². The number of likely N-dealkylation sites (tertiary alicyclic amines) is 1. The van der Waals surface area contributed by atoms with Gasteiger partial charge in [-0.05, 0) is 31.0 Å². The lowest BCUT2D eigenvalue weighted by Gasteiger charge is -2.26. The van der Waals surface area contributed by atoms with Crippen LogP contribution in [0.4, 0.5) is 8.78 Å². The van der Waals surface area contributed by atoms with Crippen LogP contribution in [0.15, 0.2) is 18.2 Å². The van der Waals surface area contributed by atoms with Crippen molar-refractivity contribution in [2.45, 2.75) is 31.7 Å². The first kappa shape index (κ1) is 12.0. The molecule has 1 aromatic carbocycles. The summed E-state index contributed by atoms with van der Waals surface area (Å²) in [7, 11) is 0. The predicted molar refractivity (Wildman–Crippen MR) is 60.3 cm³/mol. The highest BCUT2D eigenvalue weighted by atomic mass is 19.1. The zero-order valence-electron chi connectivity index (χ0n) is 9.53. The highest BCUT2D eigenvalue weighted by Gasteiger charge is 2.24. The van der Waals surface area contributed by atoms with E-state index in [1.54, 1.807) is 4.90 Å². The molecule has 17 heavy (non-hydrogen) atoms. The summed E-state index contributed by atoms with van der Waals surface area (Å²) < 4.78 is 26.8. The van der Waals surface area contributed by atoms with Crippen molar-refractivity contribution in [1.29, 1.82) is 0 Å². The molecule has 4 heteroatoms. The number of hydrogen-bond acceptors (Lipinski definition) is 1. The van der Waals surface area contributed by atoms with Crippen molar-refractivity contribution in [3.63, 3.8) is 0 Å². The zero-order valence-corrected chi connectivity index (χ0v) is 9.53. The van der Waals surface area contributed by atoms with Gasteiger partial charge in [0.1, 0.15) is 11.6 Å². The van der Waals surface area contributed by atoms with Gasteiger partial charge in [0.25, 0.3) is 0 Å². The third-order valence-corrected chi connectivity index (χ3v) is 3.25. The molecule has 1 fully saturated rings. The van der Waals surface area contributed by atoms with Gasteiger partial charge in [0.15, 0.2) is 0 Å². The average molecular weight is 239 g/mol. The topological polar surface area (TPSA) is 20.3 Å². The van der Waals surface area contributed by atoms with E-state index in [4.69, 9.17) is 0 Å². The summed E-state index contributed by atoms with van der Waals surface area (Å²) in [5.74, 6) is -0.901. The molecular weight excluding hydrogens is 224 g/mol. The molecule has 0 saturated carbocycles. The Kier molecular flexibility index (Phi) is 3.71. The molecule has 1 aromatic rings. The second-order valence-corrected chi connectivity index (χ2v) is 4.37. The van der Waals surface area contributed by atoms with E-state index in [0.29, 0.717) is 18.5 Å². The number of amides is 1. The first-order valence-corrected chi connectivity index (χ1v) is 5.88. The largest absolute Gasteiger partial charge is 0.338 e. The molecule has 92 valence electrons. The summed E-state index contributed by atoms with van der Waals surface area (Å²) in [4.78, 5) is 12.6. The highest BCUT2D eigenvalue weighted by Crippen LogP contribution is 2.30. The number of benzene rings is 1. The molecule has 1 aliphatic rings. The lowest BCUT2D eigenvalue weighted by molar-refractivity contribution is -0.120. The van der Waals surface area contributed by atoms with Crippen LogP contribution in [0, 0.1) is 11.6 Å². The molecule has 1 aliphatic heterocycles. The monoisotopic (exact) mass is 239 g/mol. The summed E-state index contributed by atoms with van der Waals surface area (Å²) in [6.45, 7) is 0.615. The minimum atomic E-state index is -0.462. The van der Waals surface area contributed by atoms with E-state index in [2.05, 4.69) is 0 Å². The minimum Gasteiger partial charge on any atom is -0.338 e. The van der Waals surface area contributed by atoms with Crippen LogP contribution in [-0.4, -0.2) is 17.9 Å². The normalized spacial score (nSPS) is 21.1. The van der Waals surface area contributed by atoms with Crippen LogP contribution in [0.25, 0.3) is 0 Å². The molecule has 0 radical (unpaired) electrons. The Labute approximate surface area is 99.2 Å². The molecule has 1 heterocycles. The Balaban J connectivity index is 2.34. The van der Waals surface area contributed by atoms with Gasteiger partial charge in [0.2, 0.25) is 6.41 Å². The Hall–Kier alpha value is -1.45. The van der Waals surface area contributed by atoms with Gasteiger partial charge in [-0.25, -0.2) is 8.78 Å². The molecule has 0 aromatic heterocycles. The maximum atomic E-state index is 13.7. The Morgan fingerprint density at radius 1 is 1.24 bits per heavy atom. The molecular formula is C13H15F2NO. The molecule has 1 atom stereocenters. The van der Waals surface area contributed by atoms with Gasteiger partial charge in [-0.2, -0.15) is 0 Å².